The fourth-order valence-electron chi connectivity index (χ4n) is 1.01. The van der Waals surface area contributed by atoms with Crippen LogP contribution in [-0.2, 0) is 0 Å². The van der Waals surface area contributed by atoms with Gasteiger partial charge in [0.2, 0.25) is 5.88 Å². The molecule has 0 spiro atoms. The lowest BCUT2D eigenvalue weighted by molar-refractivity contribution is 0.295. The number of nitrogens with zero attached hydrogens (tertiary/aromatic N) is 1. The van der Waals surface area contributed by atoms with Gasteiger partial charge >= 0.3 is 0 Å². The smallest absolute Gasteiger partial charge is 0.239 e. The van der Waals surface area contributed by atoms with Gasteiger partial charge in [-0.05, 0) is 33.9 Å². The molecular formula is C9H14BrNOS. The summed E-state index contributed by atoms with van der Waals surface area (Å²) in [7, 11) is 0. The van der Waals surface area contributed by atoms with Gasteiger partial charge < -0.3 is 4.74 Å². The van der Waals surface area contributed by atoms with Crippen LogP contribution in [0.1, 0.15) is 32.6 Å². The highest BCUT2D eigenvalue weighted by Crippen LogP contribution is 2.24. The Morgan fingerprint density at radius 1 is 1.46 bits per heavy atom. The largest absolute Gasteiger partial charge is 0.476 e. The summed E-state index contributed by atoms with van der Waals surface area (Å²) in [6, 6.07) is 0. The topological polar surface area (TPSA) is 22.1 Å². The Bertz CT molecular complexity index is 239. The molecule has 1 rings (SSSR count). The minimum atomic E-state index is 0.737. The zero-order chi connectivity index (χ0) is 9.52. The Kier molecular flexibility index (Phi) is 5.39. The summed E-state index contributed by atoms with van der Waals surface area (Å²) >= 11 is 4.78. The molecule has 0 aromatic carbocycles. The highest BCUT2D eigenvalue weighted by Gasteiger charge is 2.02. The minimum Gasteiger partial charge on any atom is -0.476 e. The Morgan fingerprint density at radius 3 is 2.92 bits per heavy atom. The van der Waals surface area contributed by atoms with E-state index in [1.54, 1.807) is 0 Å². The van der Waals surface area contributed by atoms with Gasteiger partial charge in [0.05, 0.1) is 11.1 Å². The maximum Gasteiger partial charge on any atom is 0.239 e. The summed E-state index contributed by atoms with van der Waals surface area (Å²) in [6.45, 7) is 2.99. The van der Waals surface area contributed by atoms with Crippen molar-refractivity contribution in [2.45, 2.75) is 32.6 Å². The molecule has 1 aromatic rings. The summed E-state index contributed by atoms with van der Waals surface area (Å²) in [4.78, 5) is 0. The van der Waals surface area contributed by atoms with Crippen LogP contribution in [0.15, 0.2) is 9.85 Å². The predicted molar refractivity (Wildman–Crippen MR) is 59.5 cm³/mol. The van der Waals surface area contributed by atoms with Gasteiger partial charge in [0.25, 0.3) is 0 Å². The molecule has 13 heavy (non-hydrogen) atoms. The van der Waals surface area contributed by atoms with Crippen LogP contribution in [0, 0.1) is 0 Å². The Hall–Kier alpha value is -0.0900. The van der Waals surface area contributed by atoms with Crippen molar-refractivity contribution in [2.24, 2.45) is 0 Å². The number of aromatic nitrogens is 1. The van der Waals surface area contributed by atoms with Crippen molar-refractivity contribution in [3.63, 3.8) is 0 Å². The van der Waals surface area contributed by atoms with Gasteiger partial charge in [-0.2, -0.15) is 4.37 Å². The summed E-state index contributed by atoms with van der Waals surface area (Å²) < 4.78 is 10.5. The first-order valence-corrected chi connectivity index (χ1v) is 6.20. The van der Waals surface area contributed by atoms with E-state index < -0.39 is 0 Å². The first kappa shape index (κ1) is 11.0. The molecule has 0 amide bonds. The van der Waals surface area contributed by atoms with E-state index in [9.17, 15) is 0 Å². The Labute approximate surface area is 91.6 Å². The monoisotopic (exact) mass is 263 g/mol. The quantitative estimate of drug-likeness (QED) is 0.728. The van der Waals surface area contributed by atoms with Gasteiger partial charge in [-0.3, -0.25) is 0 Å². The van der Waals surface area contributed by atoms with E-state index in [4.69, 9.17) is 4.74 Å². The van der Waals surface area contributed by atoms with E-state index in [1.165, 1.54) is 30.8 Å². The number of rotatable bonds is 6. The Balaban J connectivity index is 2.10. The summed E-state index contributed by atoms with van der Waals surface area (Å²) in [5.74, 6) is 0.737. The van der Waals surface area contributed by atoms with Crippen molar-refractivity contribution >= 4 is 27.5 Å². The second kappa shape index (κ2) is 6.38. The zero-order valence-corrected chi connectivity index (χ0v) is 10.2. The third-order valence-electron chi connectivity index (χ3n) is 1.73. The maximum atomic E-state index is 5.48. The van der Waals surface area contributed by atoms with Crippen LogP contribution < -0.4 is 4.74 Å². The van der Waals surface area contributed by atoms with E-state index in [-0.39, 0.29) is 0 Å². The molecule has 0 bridgehead atoms. The van der Waals surface area contributed by atoms with E-state index >= 15 is 0 Å². The van der Waals surface area contributed by atoms with Crippen molar-refractivity contribution in [1.29, 1.82) is 0 Å². The zero-order valence-electron chi connectivity index (χ0n) is 7.75. The van der Waals surface area contributed by atoms with Crippen LogP contribution >= 0.6 is 27.5 Å². The van der Waals surface area contributed by atoms with Crippen LogP contribution in [-0.4, -0.2) is 11.0 Å². The number of hydrogen-bond donors (Lipinski definition) is 0. The standard InChI is InChI=1S/C9H14BrNOS/c1-2-3-4-5-6-12-9-8(10)7-13-11-9/h7H,2-6H2,1H3. The van der Waals surface area contributed by atoms with E-state index in [1.807, 2.05) is 5.38 Å². The van der Waals surface area contributed by atoms with Crippen LogP contribution in [0.25, 0.3) is 0 Å². The van der Waals surface area contributed by atoms with Crippen molar-refractivity contribution < 1.29 is 4.74 Å². The molecule has 0 saturated heterocycles. The lowest BCUT2D eigenvalue weighted by Gasteiger charge is -2.02. The third-order valence-corrected chi connectivity index (χ3v) is 3.22. The first-order valence-electron chi connectivity index (χ1n) is 4.57. The molecule has 0 aliphatic rings. The second-order valence-electron chi connectivity index (χ2n) is 2.88. The van der Waals surface area contributed by atoms with Gasteiger partial charge in [0.15, 0.2) is 0 Å². The fourth-order valence-corrected chi connectivity index (χ4v) is 2.07. The molecule has 0 aliphatic carbocycles. The molecule has 0 fully saturated rings. The predicted octanol–water partition coefficient (Wildman–Crippen LogP) is 3.86. The molecule has 0 N–H and O–H groups in total. The number of halogens is 1. The summed E-state index contributed by atoms with van der Waals surface area (Å²) in [5, 5.41) is 1.93. The average molecular weight is 264 g/mol. The molecule has 0 radical (unpaired) electrons. The number of ether oxygens (including phenoxy) is 1. The maximum absolute atomic E-state index is 5.48. The highest BCUT2D eigenvalue weighted by atomic mass is 79.9. The van der Waals surface area contributed by atoms with E-state index in [2.05, 4.69) is 27.2 Å². The average Bonchev–Trinajstić information content (AvgIpc) is 2.52. The molecule has 0 unspecified atom stereocenters. The second-order valence-corrected chi connectivity index (χ2v) is 4.36. The van der Waals surface area contributed by atoms with Gasteiger partial charge in [0, 0.05) is 5.38 Å². The molecule has 74 valence electrons. The van der Waals surface area contributed by atoms with Crippen molar-refractivity contribution in [3.05, 3.63) is 9.85 Å². The lowest BCUT2D eigenvalue weighted by Crippen LogP contribution is -1.97. The van der Waals surface area contributed by atoms with E-state index in [0.717, 1.165) is 23.4 Å². The van der Waals surface area contributed by atoms with Gasteiger partial charge in [0.1, 0.15) is 0 Å². The SMILES string of the molecule is CCCCCCOc1nscc1Br. The van der Waals surface area contributed by atoms with Crippen LogP contribution in [0.5, 0.6) is 5.88 Å². The molecule has 0 aliphatic heterocycles. The molecule has 1 aromatic heterocycles. The fraction of sp³-hybridized carbons (Fsp3) is 0.667. The van der Waals surface area contributed by atoms with Crippen molar-refractivity contribution in [1.82, 2.24) is 4.37 Å². The van der Waals surface area contributed by atoms with Gasteiger partial charge in [-0.1, -0.05) is 26.2 Å². The first-order chi connectivity index (χ1) is 6.34. The lowest BCUT2D eigenvalue weighted by atomic mass is 10.2. The highest BCUT2D eigenvalue weighted by molar-refractivity contribution is 9.10. The summed E-state index contributed by atoms with van der Waals surface area (Å²) in [5.41, 5.74) is 0. The van der Waals surface area contributed by atoms with Gasteiger partial charge in [-0.15, -0.1) is 0 Å². The van der Waals surface area contributed by atoms with Crippen LogP contribution in [0.2, 0.25) is 0 Å². The molecular weight excluding hydrogens is 250 g/mol. The third kappa shape index (κ3) is 4.09. The van der Waals surface area contributed by atoms with Gasteiger partial charge in [-0.25, -0.2) is 0 Å². The minimum absolute atomic E-state index is 0.737. The molecule has 0 saturated carbocycles. The molecule has 2 nitrogen and oxygen atoms in total. The molecule has 0 atom stereocenters. The van der Waals surface area contributed by atoms with Crippen molar-refractivity contribution in [2.75, 3.05) is 6.61 Å². The Morgan fingerprint density at radius 2 is 2.31 bits per heavy atom. The normalized spacial score (nSPS) is 10.3. The van der Waals surface area contributed by atoms with Crippen LogP contribution in [0.3, 0.4) is 0 Å². The molecule has 4 heteroatoms. The van der Waals surface area contributed by atoms with Crippen LogP contribution in [0.4, 0.5) is 0 Å². The van der Waals surface area contributed by atoms with Crippen molar-refractivity contribution in [3.8, 4) is 5.88 Å². The van der Waals surface area contributed by atoms with E-state index in [0.29, 0.717) is 0 Å². The number of unbranched alkanes of at least 4 members (excludes halogenated alkanes) is 3. The molecule has 1 heterocycles. The summed E-state index contributed by atoms with van der Waals surface area (Å²) in [6.07, 6.45) is 4.93. The number of hydrogen-bond acceptors (Lipinski definition) is 3.